The molecule has 132 valence electrons. The van der Waals surface area contributed by atoms with Crippen molar-refractivity contribution >= 4 is 28.7 Å². The molecule has 0 unspecified atom stereocenters. The van der Waals surface area contributed by atoms with Gasteiger partial charge in [0.05, 0.1) is 6.04 Å². The van der Waals surface area contributed by atoms with Crippen LogP contribution in [0.2, 0.25) is 0 Å². The minimum atomic E-state index is 0.0351. The molecule has 0 radical (unpaired) electrons. The predicted molar refractivity (Wildman–Crippen MR) is 108 cm³/mol. The maximum absolute atomic E-state index is 5.53. The number of fused-ring (bicyclic) bond motifs is 1. The van der Waals surface area contributed by atoms with Crippen molar-refractivity contribution in [1.82, 2.24) is 10.6 Å². The molecule has 0 saturated heterocycles. The molecule has 2 N–H and O–H groups in total. The number of benzene rings is 2. The van der Waals surface area contributed by atoms with Gasteiger partial charge in [0, 0.05) is 11.4 Å². The molecule has 2 aromatic carbocycles. The molecule has 6 heteroatoms. The summed E-state index contributed by atoms with van der Waals surface area (Å²) >= 11 is 7.24. The number of nitrogens with one attached hydrogen (secondary N) is 2. The zero-order valence-electron chi connectivity index (χ0n) is 14.0. The number of thiocarbonyl (C=S) groups is 1. The first-order valence-electron chi connectivity index (χ1n) is 8.31. The molecule has 1 atom stereocenters. The molecule has 0 fully saturated rings. The summed E-state index contributed by atoms with van der Waals surface area (Å²) < 4.78 is 10.8. The normalized spacial score (nSPS) is 13.2. The van der Waals surface area contributed by atoms with Crippen LogP contribution in [0.5, 0.6) is 11.5 Å². The van der Waals surface area contributed by atoms with E-state index >= 15 is 0 Å². The number of rotatable bonds is 5. The molecule has 4 nitrogen and oxygen atoms in total. The summed E-state index contributed by atoms with van der Waals surface area (Å²) in [5.74, 6) is 1.57. The van der Waals surface area contributed by atoms with Crippen molar-refractivity contribution in [3.8, 4) is 11.5 Å². The molecule has 0 aliphatic carbocycles. The zero-order valence-corrected chi connectivity index (χ0v) is 15.6. The summed E-state index contributed by atoms with van der Waals surface area (Å²) in [6.45, 7) is 0.903. The van der Waals surface area contributed by atoms with Crippen LogP contribution in [0.15, 0.2) is 66.0 Å². The lowest BCUT2D eigenvalue weighted by atomic mass is 10.1. The van der Waals surface area contributed by atoms with Crippen LogP contribution >= 0.6 is 23.6 Å². The van der Waals surface area contributed by atoms with E-state index in [1.54, 1.807) is 11.3 Å². The summed E-state index contributed by atoms with van der Waals surface area (Å²) in [6.07, 6.45) is 0. The van der Waals surface area contributed by atoms with Gasteiger partial charge < -0.3 is 20.1 Å². The van der Waals surface area contributed by atoms with Gasteiger partial charge in [-0.05, 0) is 46.9 Å². The van der Waals surface area contributed by atoms with Gasteiger partial charge in [-0.25, -0.2) is 0 Å². The highest BCUT2D eigenvalue weighted by molar-refractivity contribution is 7.80. The quantitative estimate of drug-likeness (QED) is 0.647. The number of ether oxygens (including phenoxy) is 2. The van der Waals surface area contributed by atoms with Crippen molar-refractivity contribution in [2.45, 2.75) is 12.6 Å². The summed E-state index contributed by atoms with van der Waals surface area (Å²) in [6, 6.07) is 20.4. The van der Waals surface area contributed by atoms with Gasteiger partial charge in [-0.2, -0.15) is 0 Å². The fourth-order valence-electron chi connectivity index (χ4n) is 2.84. The molecule has 2 heterocycles. The highest BCUT2D eigenvalue weighted by Crippen LogP contribution is 2.32. The third-order valence-electron chi connectivity index (χ3n) is 4.13. The predicted octanol–water partition coefficient (Wildman–Crippen LogP) is 4.23. The van der Waals surface area contributed by atoms with Crippen LogP contribution < -0.4 is 20.1 Å². The molecule has 1 aliphatic heterocycles. The van der Waals surface area contributed by atoms with Crippen molar-refractivity contribution < 1.29 is 9.47 Å². The lowest BCUT2D eigenvalue weighted by Gasteiger charge is -2.20. The Morgan fingerprint density at radius 1 is 1.04 bits per heavy atom. The molecule has 1 aliphatic rings. The van der Waals surface area contributed by atoms with Gasteiger partial charge in [0.2, 0.25) is 6.79 Å². The first-order chi connectivity index (χ1) is 12.8. The van der Waals surface area contributed by atoms with Crippen molar-refractivity contribution in [1.29, 1.82) is 0 Å². The molecular weight excluding hydrogens is 364 g/mol. The van der Waals surface area contributed by atoms with Crippen LogP contribution in [0.4, 0.5) is 0 Å². The molecule has 0 bridgehead atoms. The number of thiophene rings is 1. The van der Waals surface area contributed by atoms with Gasteiger partial charge in [-0.1, -0.05) is 42.5 Å². The van der Waals surface area contributed by atoms with E-state index in [4.69, 9.17) is 21.7 Å². The van der Waals surface area contributed by atoms with Crippen molar-refractivity contribution in [3.05, 3.63) is 82.0 Å². The second-order valence-electron chi connectivity index (χ2n) is 5.87. The van der Waals surface area contributed by atoms with Crippen molar-refractivity contribution in [2.75, 3.05) is 6.79 Å². The van der Waals surface area contributed by atoms with E-state index in [0.717, 1.165) is 17.1 Å². The largest absolute Gasteiger partial charge is 0.454 e. The van der Waals surface area contributed by atoms with Crippen molar-refractivity contribution in [3.63, 3.8) is 0 Å². The van der Waals surface area contributed by atoms with Gasteiger partial charge >= 0.3 is 0 Å². The molecule has 3 aromatic rings. The van der Waals surface area contributed by atoms with Crippen LogP contribution in [-0.2, 0) is 6.54 Å². The van der Waals surface area contributed by atoms with Gasteiger partial charge in [-0.3, -0.25) is 0 Å². The van der Waals surface area contributed by atoms with E-state index in [1.807, 2.05) is 36.4 Å². The van der Waals surface area contributed by atoms with Crippen LogP contribution in [0.3, 0.4) is 0 Å². The first-order valence-corrected chi connectivity index (χ1v) is 9.59. The minimum absolute atomic E-state index is 0.0351. The second-order valence-corrected chi connectivity index (χ2v) is 7.26. The third-order valence-corrected chi connectivity index (χ3v) is 5.33. The Morgan fingerprint density at radius 2 is 1.88 bits per heavy atom. The minimum Gasteiger partial charge on any atom is -0.454 e. The van der Waals surface area contributed by atoms with E-state index in [-0.39, 0.29) is 12.8 Å². The molecule has 4 rings (SSSR count). The van der Waals surface area contributed by atoms with E-state index in [1.165, 1.54) is 10.4 Å². The Hall–Kier alpha value is -2.57. The van der Waals surface area contributed by atoms with Gasteiger partial charge in [0.1, 0.15) is 0 Å². The van der Waals surface area contributed by atoms with Crippen molar-refractivity contribution in [2.24, 2.45) is 0 Å². The molecule has 1 aromatic heterocycles. The number of hydrogen-bond acceptors (Lipinski definition) is 4. The maximum Gasteiger partial charge on any atom is 0.231 e. The zero-order chi connectivity index (χ0) is 17.8. The lowest BCUT2D eigenvalue weighted by Crippen LogP contribution is -2.37. The monoisotopic (exact) mass is 382 g/mol. The average molecular weight is 383 g/mol. The SMILES string of the molecule is S=C(NCc1ccc2c(c1)OCO2)N[C@@H](c1ccccc1)c1cccs1. The van der Waals surface area contributed by atoms with Gasteiger partial charge in [0.15, 0.2) is 16.6 Å². The summed E-state index contributed by atoms with van der Waals surface area (Å²) in [5, 5.41) is 9.41. The van der Waals surface area contributed by atoms with Crippen LogP contribution in [0, 0.1) is 0 Å². The van der Waals surface area contributed by atoms with Gasteiger partial charge in [0.25, 0.3) is 0 Å². The topological polar surface area (TPSA) is 42.5 Å². The average Bonchev–Trinajstić information content (AvgIpc) is 3.36. The number of hydrogen-bond donors (Lipinski definition) is 2. The first kappa shape index (κ1) is 16.9. The standard InChI is InChI=1S/C20H18N2O2S2/c25-20(21-12-14-8-9-16-17(11-14)24-13-23-16)22-19(18-7-4-10-26-18)15-5-2-1-3-6-15/h1-11,19H,12-13H2,(H2,21,22,25)/t19-/m0/s1. The smallest absolute Gasteiger partial charge is 0.231 e. The Morgan fingerprint density at radius 3 is 2.69 bits per heavy atom. The fourth-order valence-corrected chi connectivity index (χ4v) is 3.83. The van der Waals surface area contributed by atoms with Gasteiger partial charge in [-0.15, -0.1) is 11.3 Å². The third kappa shape index (κ3) is 3.81. The molecule has 0 spiro atoms. The fraction of sp³-hybridized carbons (Fsp3) is 0.150. The lowest BCUT2D eigenvalue weighted by molar-refractivity contribution is 0.174. The maximum atomic E-state index is 5.53. The van der Waals surface area contributed by atoms with E-state index in [0.29, 0.717) is 11.7 Å². The van der Waals surface area contributed by atoms with Crippen LogP contribution in [0.1, 0.15) is 22.0 Å². The summed E-state index contributed by atoms with van der Waals surface area (Å²) in [5.41, 5.74) is 2.27. The second kappa shape index (κ2) is 7.76. The Balaban J connectivity index is 1.42. The highest BCUT2D eigenvalue weighted by atomic mass is 32.1. The van der Waals surface area contributed by atoms with Crippen LogP contribution in [-0.4, -0.2) is 11.9 Å². The molecule has 0 saturated carbocycles. The Labute approximate surface area is 161 Å². The molecule has 0 amide bonds. The van der Waals surface area contributed by atoms with E-state index in [2.05, 4.69) is 40.3 Å². The van der Waals surface area contributed by atoms with E-state index < -0.39 is 0 Å². The summed E-state index contributed by atoms with van der Waals surface area (Å²) in [4.78, 5) is 1.23. The highest BCUT2D eigenvalue weighted by Gasteiger charge is 2.16. The Kier molecular flexibility index (Phi) is 5.04. The summed E-state index contributed by atoms with van der Waals surface area (Å²) in [7, 11) is 0. The van der Waals surface area contributed by atoms with Crippen LogP contribution in [0.25, 0.3) is 0 Å². The van der Waals surface area contributed by atoms with E-state index in [9.17, 15) is 0 Å². The molecular formula is C20H18N2O2S2. The Bertz CT molecular complexity index is 882. The molecule has 26 heavy (non-hydrogen) atoms.